The Labute approximate surface area is 64.4 Å². The first kappa shape index (κ1) is 8.06. The lowest BCUT2D eigenvalue weighted by Crippen LogP contribution is -2.27. The summed E-state index contributed by atoms with van der Waals surface area (Å²) >= 11 is 0. The first-order valence-corrected chi connectivity index (χ1v) is 4.47. The standard InChI is InChI=1S/C9H19N/c1-9-6-4-3-5-7-10(2)8-9/h9H,3-8H2,1-2H3. The van der Waals surface area contributed by atoms with Crippen LogP contribution in [-0.4, -0.2) is 25.0 Å². The molecular formula is C9H19N. The Hall–Kier alpha value is -0.0400. The average molecular weight is 141 g/mol. The van der Waals surface area contributed by atoms with Gasteiger partial charge in [0.2, 0.25) is 0 Å². The minimum atomic E-state index is 0.922. The third-order valence-electron chi connectivity index (χ3n) is 2.36. The van der Waals surface area contributed by atoms with Crippen LogP contribution in [0.1, 0.15) is 32.6 Å². The molecule has 0 spiro atoms. The summed E-state index contributed by atoms with van der Waals surface area (Å²) in [5, 5.41) is 0. The highest BCUT2D eigenvalue weighted by Gasteiger charge is 2.08. The van der Waals surface area contributed by atoms with Crippen LogP contribution in [0.25, 0.3) is 0 Å². The third kappa shape index (κ3) is 2.70. The van der Waals surface area contributed by atoms with Gasteiger partial charge in [0.05, 0.1) is 0 Å². The van der Waals surface area contributed by atoms with Crippen molar-refractivity contribution in [1.82, 2.24) is 4.90 Å². The topological polar surface area (TPSA) is 3.24 Å². The fraction of sp³-hybridized carbons (Fsp3) is 1.00. The molecule has 0 saturated carbocycles. The summed E-state index contributed by atoms with van der Waals surface area (Å²) in [4.78, 5) is 2.46. The van der Waals surface area contributed by atoms with E-state index < -0.39 is 0 Å². The maximum atomic E-state index is 2.46. The van der Waals surface area contributed by atoms with Crippen LogP contribution in [0.3, 0.4) is 0 Å². The molecule has 1 rings (SSSR count). The number of likely N-dealkylation sites (tertiary alicyclic amines) is 1. The van der Waals surface area contributed by atoms with E-state index in [-0.39, 0.29) is 0 Å². The summed E-state index contributed by atoms with van der Waals surface area (Å²) in [5.74, 6) is 0.922. The van der Waals surface area contributed by atoms with E-state index in [2.05, 4.69) is 18.9 Å². The molecule has 1 fully saturated rings. The van der Waals surface area contributed by atoms with E-state index in [1.54, 1.807) is 0 Å². The lowest BCUT2D eigenvalue weighted by atomic mass is 10.0. The van der Waals surface area contributed by atoms with Crippen LogP contribution < -0.4 is 0 Å². The van der Waals surface area contributed by atoms with Crippen molar-refractivity contribution in [3.63, 3.8) is 0 Å². The van der Waals surface area contributed by atoms with E-state index >= 15 is 0 Å². The second kappa shape index (κ2) is 3.97. The molecule has 0 aromatic carbocycles. The Morgan fingerprint density at radius 3 is 2.80 bits per heavy atom. The van der Waals surface area contributed by atoms with Crippen molar-refractivity contribution in [3.8, 4) is 0 Å². The van der Waals surface area contributed by atoms with Crippen LogP contribution in [0, 0.1) is 5.92 Å². The van der Waals surface area contributed by atoms with Crippen molar-refractivity contribution < 1.29 is 0 Å². The summed E-state index contributed by atoms with van der Waals surface area (Å²) in [7, 11) is 2.24. The van der Waals surface area contributed by atoms with E-state index in [4.69, 9.17) is 0 Å². The van der Waals surface area contributed by atoms with Gasteiger partial charge in [0.25, 0.3) is 0 Å². The normalized spacial score (nSPS) is 31.2. The molecule has 0 radical (unpaired) electrons. The highest BCUT2D eigenvalue weighted by Crippen LogP contribution is 2.14. The predicted molar refractivity (Wildman–Crippen MR) is 45.1 cm³/mol. The van der Waals surface area contributed by atoms with Crippen molar-refractivity contribution >= 4 is 0 Å². The molecule has 0 aromatic heterocycles. The van der Waals surface area contributed by atoms with Gasteiger partial charge in [0.15, 0.2) is 0 Å². The van der Waals surface area contributed by atoms with Gasteiger partial charge in [-0.15, -0.1) is 0 Å². The highest BCUT2D eigenvalue weighted by atomic mass is 15.1. The van der Waals surface area contributed by atoms with Gasteiger partial charge >= 0.3 is 0 Å². The molecular weight excluding hydrogens is 122 g/mol. The monoisotopic (exact) mass is 141 g/mol. The molecule has 0 amide bonds. The molecule has 1 heterocycles. The zero-order valence-corrected chi connectivity index (χ0v) is 7.27. The van der Waals surface area contributed by atoms with Crippen molar-refractivity contribution in [3.05, 3.63) is 0 Å². The van der Waals surface area contributed by atoms with Gasteiger partial charge in [-0.1, -0.05) is 19.8 Å². The second-order valence-corrected chi connectivity index (χ2v) is 3.72. The molecule has 1 heteroatoms. The van der Waals surface area contributed by atoms with E-state index in [9.17, 15) is 0 Å². The highest BCUT2D eigenvalue weighted by molar-refractivity contribution is 4.63. The summed E-state index contributed by atoms with van der Waals surface area (Å²) < 4.78 is 0. The summed E-state index contributed by atoms with van der Waals surface area (Å²) in [6, 6.07) is 0. The fourth-order valence-corrected chi connectivity index (χ4v) is 1.77. The van der Waals surface area contributed by atoms with Crippen LogP contribution in [0.4, 0.5) is 0 Å². The summed E-state index contributed by atoms with van der Waals surface area (Å²) in [5.41, 5.74) is 0. The van der Waals surface area contributed by atoms with Gasteiger partial charge in [-0.3, -0.25) is 0 Å². The molecule has 1 atom stereocenters. The molecule has 1 nitrogen and oxygen atoms in total. The average Bonchev–Trinajstić information content (AvgIpc) is 1.83. The van der Waals surface area contributed by atoms with Gasteiger partial charge in [-0.2, -0.15) is 0 Å². The molecule has 0 aliphatic carbocycles. The Kier molecular flexibility index (Phi) is 3.20. The van der Waals surface area contributed by atoms with E-state index in [1.807, 2.05) is 0 Å². The minimum absolute atomic E-state index is 0.922. The molecule has 10 heavy (non-hydrogen) atoms. The first-order chi connectivity index (χ1) is 4.79. The zero-order chi connectivity index (χ0) is 7.40. The Morgan fingerprint density at radius 2 is 2.00 bits per heavy atom. The van der Waals surface area contributed by atoms with Crippen molar-refractivity contribution in [2.45, 2.75) is 32.6 Å². The number of rotatable bonds is 0. The van der Waals surface area contributed by atoms with E-state index in [1.165, 1.54) is 38.8 Å². The summed E-state index contributed by atoms with van der Waals surface area (Å²) in [6.45, 7) is 4.98. The fourth-order valence-electron chi connectivity index (χ4n) is 1.77. The summed E-state index contributed by atoms with van der Waals surface area (Å²) in [6.07, 6.45) is 5.73. The molecule has 0 bridgehead atoms. The first-order valence-electron chi connectivity index (χ1n) is 4.47. The van der Waals surface area contributed by atoms with Gasteiger partial charge in [-0.25, -0.2) is 0 Å². The quantitative estimate of drug-likeness (QED) is 0.499. The van der Waals surface area contributed by atoms with Crippen LogP contribution in [0.15, 0.2) is 0 Å². The Morgan fingerprint density at radius 1 is 1.20 bits per heavy atom. The van der Waals surface area contributed by atoms with Gasteiger partial charge in [0.1, 0.15) is 0 Å². The smallest absolute Gasteiger partial charge is 0.000397 e. The predicted octanol–water partition coefficient (Wildman–Crippen LogP) is 2.13. The van der Waals surface area contributed by atoms with Gasteiger partial charge in [0, 0.05) is 6.54 Å². The number of hydrogen-bond acceptors (Lipinski definition) is 1. The zero-order valence-electron chi connectivity index (χ0n) is 7.27. The molecule has 1 aliphatic heterocycles. The second-order valence-electron chi connectivity index (χ2n) is 3.72. The number of nitrogens with zero attached hydrogens (tertiary/aromatic N) is 1. The Balaban J connectivity index is 2.25. The largest absolute Gasteiger partial charge is 0.306 e. The van der Waals surface area contributed by atoms with Gasteiger partial charge < -0.3 is 4.90 Å². The molecule has 0 N–H and O–H groups in total. The van der Waals surface area contributed by atoms with E-state index in [0.717, 1.165) is 5.92 Å². The SMILES string of the molecule is CC1CCCCCN(C)C1. The molecule has 1 aliphatic rings. The van der Waals surface area contributed by atoms with Crippen LogP contribution in [0.2, 0.25) is 0 Å². The molecule has 0 aromatic rings. The van der Waals surface area contributed by atoms with Crippen molar-refractivity contribution in [2.75, 3.05) is 20.1 Å². The van der Waals surface area contributed by atoms with Crippen molar-refractivity contribution in [1.29, 1.82) is 0 Å². The van der Waals surface area contributed by atoms with E-state index in [0.29, 0.717) is 0 Å². The van der Waals surface area contributed by atoms with Crippen molar-refractivity contribution in [2.24, 2.45) is 5.92 Å². The molecule has 60 valence electrons. The third-order valence-corrected chi connectivity index (χ3v) is 2.36. The Bertz CT molecular complexity index is 80.7. The minimum Gasteiger partial charge on any atom is -0.306 e. The lowest BCUT2D eigenvalue weighted by Gasteiger charge is -2.23. The molecule has 1 unspecified atom stereocenters. The lowest BCUT2D eigenvalue weighted by molar-refractivity contribution is 0.249. The number of hydrogen-bond donors (Lipinski definition) is 0. The van der Waals surface area contributed by atoms with Crippen LogP contribution in [-0.2, 0) is 0 Å². The maximum Gasteiger partial charge on any atom is 0.000397 e. The van der Waals surface area contributed by atoms with Crippen LogP contribution in [0.5, 0.6) is 0 Å². The van der Waals surface area contributed by atoms with Crippen LogP contribution >= 0.6 is 0 Å². The van der Waals surface area contributed by atoms with Gasteiger partial charge in [-0.05, 0) is 32.4 Å². The maximum absolute atomic E-state index is 2.46. The molecule has 1 saturated heterocycles.